The minimum Gasteiger partial charge on any atom is -0.389 e. The van der Waals surface area contributed by atoms with E-state index in [4.69, 9.17) is 0 Å². The molecule has 0 amide bonds. The standard InChI is InChI=1S/C13H27NO/c1-4-5-8-12(2)11-13(15)9-6-7-10-14-3/h6,9,12-15H,4-5,7-8,10-11H2,1-3H3/b9-6-. The molecule has 0 fully saturated rings. The van der Waals surface area contributed by atoms with Crippen LogP contribution in [0.2, 0.25) is 0 Å². The van der Waals surface area contributed by atoms with Gasteiger partial charge in [-0.1, -0.05) is 45.3 Å². The summed E-state index contributed by atoms with van der Waals surface area (Å²) >= 11 is 0. The Bertz CT molecular complexity index is 157. The van der Waals surface area contributed by atoms with Crippen molar-refractivity contribution in [3.63, 3.8) is 0 Å². The van der Waals surface area contributed by atoms with Crippen LogP contribution >= 0.6 is 0 Å². The van der Waals surface area contributed by atoms with E-state index in [-0.39, 0.29) is 6.10 Å². The van der Waals surface area contributed by atoms with Crippen LogP contribution in [0.4, 0.5) is 0 Å². The van der Waals surface area contributed by atoms with Gasteiger partial charge in [0.15, 0.2) is 0 Å². The van der Waals surface area contributed by atoms with Gasteiger partial charge in [0.25, 0.3) is 0 Å². The highest BCUT2D eigenvalue weighted by Crippen LogP contribution is 2.14. The van der Waals surface area contributed by atoms with Gasteiger partial charge < -0.3 is 10.4 Å². The number of hydrogen-bond acceptors (Lipinski definition) is 2. The van der Waals surface area contributed by atoms with E-state index in [0.29, 0.717) is 5.92 Å². The molecule has 90 valence electrons. The Balaban J connectivity index is 3.53. The minimum atomic E-state index is -0.256. The van der Waals surface area contributed by atoms with E-state index in [9.17, 15) is 5.11 Å². The van der Waals surface area contributed by atoms with Crippen LogP contribution in [0.15, 0.2) is 12.2 Å². The molecule has 2 heteroatoms. The van der Waals surface area contributed by atoms with E-state index in [1.54, 1.807) is 0 Å². The summed E-state index contributed by atoms with van der Waals surface area (Å²) in [5, 5.41) is 12.8. The summed E-state index contributed by atoms with van der Waals surface area (Å²) in [6.45, 7) is 5.41. The second-order valence-corrected chi connectivity index (χ2v) is 4.37. The third kappa shape index (κ3) is 9.95. The molecule has 0 aromatic rings. The second kappa shape index (κ2) is 10.2. The van der Waals surface area contributed by atoms with Crippen molar-refractivity contribution in [3.8, 4) is 0 Å². The average Bonchev–Trinajstić information content (AvgIpc) is 2.21. The Hall–Kier alpha value is -0.340. The van der Waals surface area contributed by atoms with Gasteiger partial charge in [0.05, 0.1) is 6.10 Å². The Kier molecular flexibility index (Phi) is 9.96. The van der Waals surface area contributed by atoms with Gasteiger partial charge >= 0.3 is 0 Å². The van der Waals surface area contributed by atoms with Crippen molar-refractivity contribution in [2.75, 3.05) is 13.6 Å². The molecule has 0 bridgehead atoms. The number of aliphatic hydroxyl groups excluding tert-OH is 1. The smallest absolute Gasteiger partial charge is 0.0723 e. The minimum absolute atomic E-state index is 0.256. The quantitative estimate of drug-likeness (QED) is 0.456. The third-order valence-corrected chi connectivity index (χ3v) is 2.61. The first-order chi connectivity index (χ1) is 7.20. The highest BCUT2D eigenvalue weighted by atomic mass is 16.3. The SMILES string of the molecule is CCCCC(C)CC(O)/C=C\CCNC. The normalized spacial score (nSPS) is 15.7. The molecule has 2 nitrogen and oxygen atoms in total. The molecule has 0 rings (SSSR count). The van der Waals surface area contributed by atoms with Crippen LogP contribution in [0.1, 0.15) is 46.0 Å². The van der Waals surface area contributed by atoms with Gasteiger partial charge in [0.1, 0.15) is 0 Å². The number of hydrogen-bond donors (Lipinski definition) is 2. The van der Waals surface area contributed by atoms with E-state index in [1.165, 1.54) is 19.3 Å². The van der Waals surface area contributed by atoms with Gasteiger partial charge in [0.2, 0.25) is 0 Å². The van der Waals surface area contributed by atoms with Gasteiger partial charge in [0, 0.05) is 0 Å². The van der Waals surface area contributed by atoms with Crippen LogP contribution < -0.4 is 5.32 Å². The van der Waals surface area contributed by atoms with E-state index >= 15 is 0 Å². The van der Waals surface area contributed by atoms with Crippen LogP contribution in [-0.2, 0) is 0 Å². The van der Waals surface area contributed by atoms with E-state index in [0.717, 1.165) is 19.4 Å². The maximum Gasteiger partial charge on any atom is 0.0723 e. The molecule has 0 radical (unpaired) electrons. The summed E-state index contributed by atoms with van der Waals surface area (Å²) in [4.78, 5) is 0. The molecule has 0 aliphatic heterocycles. The summed E-state index contributed by atoms with van der Waals surface area (Å²) in [7, 11) is 1.94. The highest BCUT2D eigenvalue weighted by molar-refractivity contribution is 4.89. The van der Waals surface area contributed by atoms with Gasteiger partial charge in [-0.25, -0.2) is 0 Å². The van der Waals surface area contributed by atoms with Crippen molar-refractivity contribution in [2.45, 2.75) is 52.1 Å². The number of aliphatic hydroxyl groups is 1. The van der Waals surface area contributed by atoms with Gasteiger partial charge in [-0.05, 0) is 32.4 Å². The fourth-order valence-corrected chi connectivity index (χ4v) is 1.64. The van der Waals surface area contributed by atoms with Crippen LogP contribution in [0.25, 0.3) is 0 Å². The lowest BCUT2D eigenvalue weighted by atomic mass is 9.97. The molecule has 0 aromatic carbocycles. The summed E-state index contributed by atoms with van der Waals surface area (Å²) in [5.41, 5.74) is 0. The number of unbranched alkanes of at least 4 members (excludes halogenated alkanes) is 1. The molecule has 0 aromatic heterocycles. The first kappa shape index (κ1) is 14.7. The lowest BCUT2D eigenvalue weighted by molar-refractivity contribution is 0.187. The van der Waals surface area contributed by atoms with Crippen LogP contribution in [0.5, 0.6) is 0 Å². The zero-order chi connectivity index (χ0) is 11.5. The topological polar surface area (TPSA) is 32.3 Å². The fraction of sp³-hybridized carbons (Fsp3) is 0.846. The predicted octanol–water partition coefficient (Wildman–Crippen LogP) is 2.73. The van der Waals surface area contributed by atoms with Crippen LogP contribution in [0.3, 0.4) is 0 Å². The molecule has 0 heterocycles. The zero-order valence-electron chi connectivity index (χ0n) is 10.5. The summed E-state index contributed by atoms with van der Waals surface area (Å²) < 4.78 is 0. The van der Waals surface area contributed by atoms with Crippen molar-refractivity contribution < 1.29 is 5.11 Å². The molecular formula is C13H27NO. The summed E-state index contributed by atoms with van der Waals surface area (Å²) in [6.07, 6.45) is 9.39. The number of nitrogens with one attached hydrogen (secondary N) is 1. The van der Waals surface area contributed by atoms with Crippen molar-refractivity contribution in [3.05, 3.63) is 12.2 Å². The molecule has 0 saturated heterocycles. The molecule has 2 N–H and O–H groups in total. The van der Waals surface area contributed by atoms with Gasteiger partial charge in [-0.3, -0.25) is 0 Å². The van der Waals surface area contributed by atoms with Crippen LogP contribution in [0, 0.1) is 5.92 Å². The molecule has 0 aliphatic rings. The van der Waals surface area contributed by atoms with Crippen molar-refractivity contribution in [1.82, 2.24) is 5.32 Å². The molecule has 0 spiro atoms. The Morgan fingerprint density at radius 1 is 1.40 bits per heavy atom. The van der Waals surface area contributed by atoms with E-state index in [2.05, 4.69) is 25.2 Å². The maximum absolute atomic E-state index is 9.71. The van der Waals surface area contributed by atoms with E-state index < -0.39 is 0 Å². The molecule has 2 unspecified atom stereocenters. The fourth-order valence-electron chi connectivity index (χ4n) is 1.64. The van der Waals surface area contributed by atoms with E-state index in [1.807, 2.05) is 13.1 Å². The maximum atomic E-state index is 9.71. The van der Waals surface area contributed by atoms with Gasteiger partial charge in [-0.15, -0.1) is 0 Å². The highest BCUT2D eigenvalue weighted by Gasteiger charge is 2.06. The van der Waals surface area contributed by atoms with Crippen molar-refractivity contribution in [2.24, 2.45) is 5.92 Å². The van der Waals surface area contributed by atoms with Crippen LogP contribution in [-0.4, -0.2) is 24.8 Å². The lowest BCUT2D eigenvalue weighted by Gasteiger charge is -2.13. The molecule has 0 saturated carbocycles. The Morgan fingerprint density at radius 2 is 2.13 bits per heavy atom. The second-order valence-electron chi connectivity index (χ2n) is 4.37. The monoisotopic (exact) mass is 213 g/mol. The first-order valence-corrected chi connectivity index (χ1v) is 6.20. The predicted molar refractivity (Wildman–Crippen MR) is 67.0 cm³/mol. The zero-order valence-corrected chi connectivity index (χ0v) is 10.5. The van der Waals surface area contributed by atoms with Gasteiger partial charge in [-0.2, -0.15) is 0 Å². The molecule has 15 heavy (non-hydrogen) atoms. The largest absolute Gasteiger partial charge is 0.389 e. The lowest BCUT2D eigenvalue weighted by Crippen LogP contribution is -2.10. The molecular weight excluding hydrogens is 186 g/mol. The Morgan fingerprint density at radius 3 is 2.73 bits per heavy atom. The first-order valence-electron chi connectivity index (χ1n) is 6.20. The third-order valence-electron chi connectivity index (χ3n) is 2.61. The van der Waals surface area contributed by atoms with Crippen molar-refractivity contribution in [1.29, 1.82) is 0 Å². The molecule has 2 atom stereocenters. The molecule has 0 aliphatic carbocycles. The summed E-state index contributed by atoms with van der Waals surface area (Å²) in [5.74, 6) is 0.633. The number of rotatable bonds is 9. The van der Waals surface area contributed by atoms with Crippen molar-refractivity contribution >= 4 is 0 Å². The summed E-state index contributed by atoms with van der Waals surface area (Å²) in [6, 6.07) is 0. The Labute approximate surface area is 94.8 Å². The average molecular weight is 213 g/mol.